The number of rotatable bonds is 3. The first-order valence-electron chi connectivity index (χ1n) is 7.34. The van der Waals surface area contributed by atoms with E-state index in [4.69, 9.17) is 38.3 Å². The highest BCUT2D eigenvalue weighted by Crippen LogP contribution is 2.31. The third kappa shape index (κ3) is 2.54. The van der Waals surface area contributed by atoms with Crippen LogP contribution < -0.4 is 5.73 Å². The minimum atomic E-state index is 0.550. The van der Waals surface area contributed by atoms with Gasteiger partial charge in [0.15, 0.2) is 0 Å². The summed E-state index contributed by atoms with van der Waals surface area (Å²) in [6.45, 7) is 0.552. The van der Waals surface area contributed by atoms with Crippen LogP contribution in [0.5, 0.6) is 0 Å². The second kappa shape index (κ2) is 5.89. The van der Waals surface area contributed by atoms with Gasteiger partial charge in [0, 0.05) is 10.0 Å². The number of halogens is 2. The molecule has 24 heavy (non-hydrogen) atoms. The topological polar surface area (TPSA) is 57.0 Å². The van der Waals surface area contributed by atoms with Gasteiger partial charge in [0.25, 0.3) is 0 Å². The molecule has 2 heterocycles. The molecule has 0 saturated heterocycles. The van der Waals surface area contributed by atoms with Crippen molar-refractivity contribution in [2.45, 2.75) is 6.54 Å². The SMILES string of the molecule is Nc1cocc1-c1nc2ccccc2n1Cc1ccc(Cl)cc1Cl. The molecule has 0 aliphatic rings. The normalized spacial score (nSPS) is 11.2. The third-order valence-corrected chi connectivity index (χ3v) is 4.52. The Morgan fingerprint density at radius 2 is 1.92 bits per heavy atom. The highest BCUT2D eigenvalue weighted by molar-refractivity contribution is 6.35. The van der Waals surface area contributed by atoms with Gasteiger partial charge in [-0.2, -0.15) is 0 Å². The molecular weight excluding hydrogens is 345 g/mol. The summed E-state index contributed by atoms with van der Waals surface area (Å²) in [5.41, 5.74) is 10.2. The molecule has 0 bridgehead atoms. The fourth-order valence-corrected chi connectivity index (χ4v) is 3.22. The maximum absolute atomic E-state index is 6.34. The van der Waals surface area contributed by atoms with Gasteiger partial charge in [0.05, 0.1) is 28.8 Å². The van der Waals surface area contributed by atoms with E-state index in [0.717, 1.165) is 28.0 Å². The number of para-hydroxylation sites is 2. The monoisotopic (exact) mass is 357 g/mol. The number of nitrogen functional groups attached to an aromatic ring is 1. The maximum atomic E-state index is 6.34. The van der Waals surface area contributed by atoms with Gasteiger partial charge in [-0.05, 0) is 29.8 Å². The molecule has 4 aromatic rings. The van der Waals surface area contributed by atoms with E-state index < -0.39 is 0 Å². The fourth-order valence-electron chi connectivity index (χ4n) is 2.75. The molecule has 0 radical (unpaired) electrons. The van der Waals surface area contributed by atoms with Crippen LogP contribution in [0.15, 0.2) is 59.4 Å². The predicted octanol–water partition coefficient (Wildman–Crippen LogP) is 5.23. The van der Waals surface area contributed by atoms with Crippen LogP contribution in [-0.2, 0) is 6.54 Å². The summed E-state index contributed by atoms with van der Waals surface area (Å²) in [7, 11) is 0. The molecule has 2 N–H and O–H groups in total. The van der Waals surface area contributed by atoms with E-state index in [9.17, 15) is 0 Å². The first kappa shape index (κ1) is 15.1. The summed E-state index contributed by atoms with van der Waals surface area (Å²) in [4.78, 5) is 4.71. The molecule has 4 rings (SSSR count). The van der Waals surface area contributed by atoms with Crippen molar-refractivity contribution < 1.29 is 4.42 Å². The van der Waals surface area contributed by atoms with Crippen molar-refractivity contribution in [1.29, 1.82) is 0 Å². The Hall–Kier alpha value is -2.43. The van der Waals surface area contributed by atoms with Gasteiger partial charge >= 0.3 is 0 Å². The number of benzene rings is 2. The zero-order valence-electron chi connectivity index (χ0n) is 12.5. The zero-order chi connectivity index (χ0) is 16.7. The molecule has 2 aromatic heterocycles. The van der Waals surface area contributed by atoms with Crippen LogP contribution in [-0.4, -0.2) is 9.55 Å². The number of hydrogen-bond donors (Lipinski definition) is 1. The Balaban J connectivity index is 1.91. The van der Waals surface area contributed by atoms with Gasteiger partial charge in [-0.1, -0.05) is 41.4 Å². The highest BCUT2D eigenvalue weighted by Gasteiger charge is 2.17. The maximum Gasteiger partial charge on any atom is 0.146 e. The third-order valence-electron chi connectivity index (χ3n) is 3.93. The number of anilines is 1. The average molecular weight is 358 g/mol. The van der Waals surface area contributed by atoms with Crippen LogP contribution in [0.4, 0.5) is 5.69 Å². The van der Waals surface area contributed by atoms with Gasteiger partial charge in [-0.15, -0.1) is 0 Å². The minimum absolute atomic E-state index is 0.550. The Kier molecular flexibility index (Phi) is 3.71. The smallest absolute Gasteiger partial charge is 0.146 e. The Labute approximate surface area is 148 Å². The predicted molar refractivity (Wildman–Crippen MR) is 97.4 cm³/mol. The van der Waals surface area contributed by atoms with Crippen molar-refractivity contribution in [2.75, 3.05) is 5.73 Å². The molecule has 0 aliphatic heterocycles. The van der Waals surface area contributed by atoms with Crippen LogP contribution >= 0.6 is 23.2 Å². The van der Waals surface area contributed by atoms with Crippen LogP contribution in [0.3, 0.4) is 0 Å². The second-order valence-corrected chi connectivity index (χ2v) is 6.33. The second-order valence-electron chi connectivity index (χ2n) is 5.49. The summed E-state index contributed by atoms with van der Waals surface area (Å²) < 4.78 is 7.29. The molecule has 0 spiro atoms. The van der Waals surface area contributed by atoms with Crippen LogP contribution in [0.1, 0.15) is 5.56 Å². The van der Waals surface area contributed by atoms with E-state index in [-0.39, 0.29) is 0 Å². The van der Waals surface area contributed by atoms with Gasteiger partial charge in [0.2, 0.25) is 0 Å². The lowest BCUT2D eigenvalue weighted by molar-refractivity contribution is 0.568. The lowest BCUT2D eigenvalue weighted by atomic mass is 10.2. The molecular formula is C18H13Cl2N3O. The first-order valence-corrected chi connectivity index (χ1v) is 8.10. The molecule has 6 heteroatoms. The Morgan fingerprint density at radius 3 is 2.67 bits per heavy atom. The molecule has 0 atom stereocenters. The number of imidazole rings is 1. The van der Waals surface area contributed by atoms with E-state index in [1.165, 1.54) is 6.26 Å². The van der Waals surface area contributed by atoms with Crippen molar-refractivity contribution in [1.82, 2.24) is 9.55 Å². The number of aromatic nitrogens is 2. The highest BCUT2D eigenvalue weighted by atomic mass is 35.5. The van der Waals surface area contributed by atoms with Crippen LogP contribution in [0, 0.1) is 0 Å². The van der Waals surface area contributed by atoms with E-state index in [1.54, 1.807) is 12.3 Å². The molecule has 0 amide bonds. The fraction of sp³-hybridized carbons (Fsp3) is 0.0556. The minimum Gasteiger partial charge on any atom is -0.470 e. The summed E-state index contributed by atoms with van der Waals surface area (Å²) in [6, 6.07) is 13.4. The number of nitrogens with two attached hydrogens (primary N) is 1. The van der Waals surface area contributed by atoms with Gasteiger partial charge in [-0.3, -0.25) is 0 Å². The quantitative estimate of drug-likeness (QED) is 0.545. The van der Waals surface area contributed by atoms with Gasteiger partial charge < -0.3 is 14.7 Å². The number of nitrogens with zero attached hydrogens (tertiary/aromatic N) is 2. The lowest BCUT2D eigenvalue weighted by Gasteiger charge is -2.10. The largest absolute Gasteiger partial charge is 0.470 e. The molecule has 120 valence electrons. The number of furan rings is 1. The lowest BCUT2D eigenvalue weighted by Crippen LogP contribution is -2.03. The molecule has 0 unspecified atom stereocenters. The van der Waals surface area contributed by atoms with Gasteiger partial charge in [0.1, 0.15) is 18.4 Å². The van der Waals surface area contributed by atoms with Crippen molar-refractivity contribution in [3.63, 3.8) is 0 Å². The van der Waals surface area contributed by atoms with Crippen molar-refractivity contribution >= 4 is 39.9 Å². The van der Waals surface area contributed by atoms with Crippen molar-refractivity contribution in [3.8, 4) is 11.4 Å². The molecule has 2 aromatic carbocycles. The van der Waals surface area contributed by atoms with Crippen molar-refractivity contribution in [2.24, 2.45) is 0 Å². The zero-order valence-corrected chi connectivity index (χ0v) is 14.1. The van der Waals surface area contributed by atoms with E-state index in [0.29, 0.717) is 22.3 Å². The number of hydrogen-bond acceptors (Lipinski definition) is 3. The molecule has 0 fully saturated rings. The Morgan fingerprint density at radius 1 is 1.08 bits per heavy atom. The van der Waals surface area contributed by atoms with E-state index in [2.05, 4.69) is 4.57 Å². The summed E-state index contributed by atoms with van der Waals surface area (Å²) in [5, 5.41) is 1.23. The first-order chi connectivity index (χ1) is 11.6. The van der Waals surface area contributed by atoms with Crippen LogP contribution in [0.25, 0.3) is 22.4 Å². The van der Waals surface area contributed by atoms with Gasteiger partial charge in [-0.25, -0.2) is 4.98 Å². The summed E-state index contributed by atoms with van der Waals surface area (Å²) in [6.07, 6.45) is 3.12. The molecule has 0 saturated carbocycles. The molecule has 4 nitrogen and oxygen atoms in total. The van der Waals surface area contributed by atoms with Crippen LogP contribution in [0.2, 0.25) is 10.0 Å². The number of fused-ring (bicyclic) bond motifs is 1. The van der Waals surface area contributed by atoms with E-state index >= 15 is 0 Å². The molecule has 0 aliphatic carbocycles. The van der Waals surface area contributed by atoms with E-state index in [1.807, 2.05) is 36.4 Å². The standard InChI is InChI=1S/C18H13Cl2N3O/c19-12-6-5-11(14(20)7-12)8-23-17-4-2-1-3-16(17)22-18(23)13-9-24-10-15(13)21/h1-7,9-10H,8,21H2. The van der Waals surface area contributed by atoms with Crippen molar-refractivity contribution in [3.05, 3.63) is 70.6 Å². The Bertz CT molecular complexity index is 1040. The average Bonchev–Trinajstić information content (AvgIpc) is 3.13. The summed E-state index contributed by atoms with van der Waals surface area (Å²) in [5.74, 6) is 0.744. The summed E-state index contributed by atoms with van der Waals surface area (Å²) >= 11 is 12.3.